The van der Waals surface area contributed by atoms with Crippen molar-refractivity contribution in [2.24, 2.45) is 0 Å². The van der Waals surface area contributed by atoms with E-state index in [1.165, 1.54) is 34.4 Å². The van der Waals surface area contributed by atoms with Crippen LogP contribution in [-0.2, 0) is 25.7 Å². The van der Waals surface area contributed by atoms with Crippen molar-refractivity contribution in [3.05, 3.63) is 74.1 Å². The van der Waals surface area contributed by atoms with Gasteiger partial charge in [0.15, 0.2) is 0 Å². The van der Waals surface area contributed by atoms with Gasteiger partial charge in [0.05, 0.1) is 11.6 Å². The Balaban J connectivity index is 1.54. The van der Waals surface area contributed by atoms with Crippen LogP contribution < -0.4 is 10.9 Å². The minimum Gasteiger partial charge on any atom is -0.506 e. The highest BCUT2D eigenvalue weighted by Gasteiger charge is 2.24. The second-order valence-corrected chi connectivity index (χ2v) is 8.41. The fraction of sp³-hybridized carbons (Fsp3) is 0.360. The smallest absolute Gasteiger partial charge is 0.341 e. The number of H-pyrrole nitrogens is 1. The molecule has 1 heterocycles. The van der Waals surface area contributed by atoms with Gasteiger partial charge in [-0.2, -0.15) is 0 Å². The van der Waals surface area contributed by atoms with Gasteiger partial charge in [-0.25, -0.2) is 4.79 Å². The normalized spacial score (nSPS) is 14.6. The molecule has 1 atom stereocenters. The first kappa shape index (κ1) is 22.0. The van der Waals surface area contributed by atoms with Crippen LogP contribution in [0.4, 0.5) is 0 Å². The van der Waals surface area contributed by atoms with Crippen LogP contribution in [0.2, 0.25) is 0 Å². The first-order valence-corrected chi connectivity index (χ1v) is 11.0. The van der Waals surface area contributed by atoms with Crippen LogP contribution in [0, 0.1) is 0 Å². The molecule has 0 spiro atoms. The number of carboxylic acids is 1. The van der Waals surface area contributed by atoms with Crippen molar-refractivity contribution < 1.29 is 20.1 Å². The number of aliphatic hydroxyl groups is 1. The van der Waals surface area contributed by atoms with Crippen molar-refractivity contribution in [2.45, 2.75) is 51.7 Å². The van der Waals surface area contributed by atoms with Gasteiger partial charge in [0.25, 0.3) is 5.56 Å². The number of aromatic hydroxyl groups is 1. The van der Waals surface area contributed by atoms with Crippen LogP contribution in [0.1, 0.15) is 58.1 Å². The molecule has 0 amide bonds. The fourth-order valence-corrected chi connectivity index (χ4v) is 4.72. The van der Waals surface area contributed by atoms with Gasteiger partial charge in [0.2, 0.25) is 0 Å². The molecule has 5 N–H and O–H groups in total. The maximum Gasteiger partial charge on any atom is 0.341 e. The number of fused-ring (bicyclic) bond motifs is 2. The summed E-state index contributed by atoms with van der Waals surface area (Å²) < 4.78 is 0. The topological polar surface area (TPSA) is 123 Å². The summed E-state index contributed by atoms with van der Waals surface area (Å²) in [4.78, 5) is 25.8. The number of aromatic nitrogens is 1. The summed E-state index contributed by atoms with van der Waals surface area (Å²) in [5.41, 5.74) is 4.82. The van der Waals surface area contributed by atoms with E-state index in [1.807, 2.05) is 0 Å². The van der Waals surface area contributed by atoms with Crippen LogP contribution in [-0.4, -0.2) is 38.9 Å². The van der Waals surface area contributed by atoms with Gasteiger partial charge in [-0.3, -0.25) is 4.79 Å². The molecule has 0 fully saturated rings. The summed E-state index contributed by atoms with van der Waals surface area (Å²) in [6, 6.07) is 8.97. The molecule has 7 heteroatoms. The molecule has 0 saturated heterocycles. The van der Waals surface area contributed by atoms with Crippen LogP contribution in [0.25, 0.3) is 10.9 Å². The summed E-state index contributed by atoms with van der Waals surface area (Å²) in [5.74, 6) is -1.54. The van der Waals surface area contributed by atoms with E-state index in [4.69, 9.17) is 0 Å². The number of phenols is 1. The van der Waals surface area contributed by atoms with Gasteiger partial charge in [0.1, 0.15) is 11.3 Å². The Hall–Kier alpha value is -3.16. The molecule has 0 bridgehead atoms. The number of carboxylic acid groups (broad SMARTS) is 1. The standard InChI is InChI=1S/C25H28N2O5/c1-3-13-7-15-9-17(10-16(15)8-14(13)4-2)26-12-22(29)18-5-6-21(28)23-19(18)11-20(25(31)32)24(30)27-23/h5-8,11,17,22,26,28-29H,3-4,9-10,12H2,1-2H3,(H,27,30)(H,31,32)/t22-/m0/s1. The van der Waals surface area contributed by atoms with Gasteiger partial charge in [0, 0.05) is 18.0 Å². The Kier molecular flexibility index (Phi) is 6.04. The Morgan fingerprint density at radius 1 is 1.12 bits per heavy atom. The van der Waals surface area contributed by atoms with Gasteiger partial charge in [-0.15, -0.1) is 0 Å². The third-order valence-corrected chi connectivity index (χ3v) is 6.43. The lowest BCUT2D eigenvalue weighted by Gasteiger charge is -2.18. The maximum atomic E-state index is 12.0. The molecule has 2 aromatic carbocycles. The number of aromatic amines is 1. The van der Waals surface area contributed by atoms with Gasteiger partial charge in [-0.05, 0) is 65.6 Å². The minimum atomic E-state index is -1.36. The molecule has 0 saturated carbocycles. The van der Waals surface area contributed by atoms with Gasteiger partial charge in [-0.1, -0.05) is 32.0 Å². The number of benzene rings is 2. The predicted molar refractivity (Wildman–Crippen MR) is 123 cm³/mol. The number of phenolic OH excluding ortho intramolecular Hbond substituents is 1. The van der Waals surface area contributed by atoms with Crippen molar-refractivity contribution >= 4 is 16.9 Å². The predicted octanol–water partition coefficient (Wildman–Crippen LogP) is 2.85. The zero-order valence-electron chi connectivity index (χ0n) is 18.2. The average Bonchev–Trinajstić information content (AvgIpc) is 3.18. The highest BCUT2D eigenvalue weighted by Crippen LogP contribution is 2.30. The molecular weight excluding hydrogens is 408 g/mol. The van der Waals surface area contributed by atoms with Crippen LogP contribution in [0.5, 0.6) is 5.75 Å². The molecule has 0 unspecified atom stereocenters. The number of rotatable bonds is 7. The summed E-state index contributed by atoms with van der Waals surface area (Å²) >= 11 is 0. The Morgan fingerprint density at radius 3 is 2.31 bits per heavy atom. The molecule has 168 valence electrons. The largest absolute Gasteiger partial charge is 0.506 e. The highest BCUT2D eigenvalue weighted by atomic mass is 16.4. The third kappa shape index (κ3) is 4.01. The first-order chi connectivity index (χ1) is 15.3. The number of hydrogen-bond acceptors (Lipinski definition) is 5. The SMILES string of the molecule is CCc1cc2c(cc1CC)CC(NC[C@H](O)c1ccc(O)c3[nH]c(=O)c(C(=O)O)cc13)C2. The van der Waals surface area contributed by atoms with Crippen molar-refractivity contribution in [2.75, 3.05) is 6.54 Å². The van der Waals surface area contributed by atoms with E-state index >= 15 is 0 Å². The Bertz CT molecular complexity index is 1210. The summed E-state index contributed by atoms with van der Waals surface area (Å²) in [5, 5.41) is 34.0. The fourth-order valence-electron chi connectivity index (χ4n) is 4.72. The lowest BCUT2D eigenvalue weighted by atomic mass is 9.97. The van der Waals surface area contributed by atoms with E-state index in [0.717, 1.165) is 25.7 Å². The monoisotopic (exact) mass is 436 g/mol. The van der Waals surface area contributed by atoms with E-state index in [0.29, 0.717) is 10.9 Å². The van der Waals surface area contributed by atoms with Crippen molar-refractivity contribution in [3.63, 3.8) is 0 Å². The molecule has 1 aliphatic rings. The molecule has 0 aliphatic heterocycles. The number of aliphatic hydroxyl groups excluding tert-OH is 1. The van der Waals surface area contributed by atoms with Crippen molar-refractivity contribution in [1.29, 1.82) is 0 Å². The summed E-state index contributed by atoms with van der Waals surface area (Å²) in [6.07, 6.45) is 2.88. The quantitative estimate of drug-likeness (QED) is 0.388. The van der Waals surface area contributed by atoms with Crippen LogP contribution in [0.15, 0.2) is 35.1 Å². The number of aryl methyl sites for hydroxylation is 2. The number of aromatic carboxylic acids is 1. The molecular formula is C25H28N2O5. The zero-order chi connectivity index (χ0) is 23.0. The summed E-state index contributed by atoms with van der Waals surface area (Å²) in [7, 11) is 0. The Morgan fingerprint density at radius 2 is 1.75 bits per heavy atom. The van der Waals surface area contributed by atoms with Crippen LogP contribution in [0.3, 0.4) is 0 Å². The van der Waals surface area contributed by atoms with E-state index < -0.39 is 23.2 Å². The molecule has 32 heavy (non-hydrogen) atoms. The van der Waals surface area contributed by atoms with E-state index in [1.54, 1.807) is 6.07 Å². The molecule has 3 aromatic rings. The molecule has 1 aromatic heterocycles. The zero-order valence-corrected chi connectivity index (χ0v) is 18.2. The summed E-state index contributed by atoms with van der Waals surface area (Å²) in [6.45, 7) is 4.61. The van der Waals surface area contributed by atoms with E-state index in [-0.39, 0.29) is 23.9 Å². The molecule has 4 rings (SSSR count). The highest BCUT2D eigenvalue weighted by molar-refractivity contribution is 5.95. The van der Waals surface area contributed by atoms with Gasteiger partial charge < -0.3 is 25.6 Å². The number of nitrogens with one attached hydrogen (secondary N) is 2. The maximum absolute atomic E-state index is 12.0. The van der Waals surface area contributed by atoms with Crippen molar-refractivity contribution in [3.8, 4) is 5.75 Å². The third-order valence-electron chi connectivity index (χ3n) is 6.43. The molecule has 7 nitrogen and oxygen atoms in total. The minimum absolute atomic E-state index is 0.115. The van der Waals surface area contributed by atoms with E-state index in [9.17, 15) is 24.9 Å². The Labute approximate surface area is 185 Å². The van der Waals surface area contributed by atoms with Crippen LogP contribution >= 0.6 is 0 Å². The van der Waals surface area contributed by atoms with Crippen molar-refractivity contribution in [1.82, 2.24) is 10.3 Å². The van der Waals surface area contributed by atoms with Gasteiger partial charge >= 0.3 is 5.97 Å². The number of carbonyl (C=O) groups is 1. The van der Waals surface area contributed by atoms with E-state index in [2.05, 4.69) is 36.3 Å². The lowest BCUT2D eigenvalue weighted by molar-refractivity contribution is 0.0695. The second-order valence-electron chi connectivity index (χ2n) is 8.41. The second kappa shape index (κ2) is 8.76. The number of pyridine rings is 1. The molecule has 1 aliphatic carbocycles. The molecule has 0 radical (unpaired) electrons. The lowest BCUT2D eigenvalue weighted by Crippen LogP contribution is -2.33. The number of hydrogen-bond donors (Lipinski definition) is 5. The first-order valence-electron chi connectivity index (χ1n) is 11.0. The average molecular weight is 437 g/mol.